The molecule has 104 valence electrons. The molecule has 2 aromatic rings. The Kier molecular flexibility index (Phi) is 5.01. The van der Waals surface area contributed by atoms with Crippen molar-refractivity contribution in [3.63, 3.8) is 0 Å². The molecule has 0 aliphatic heterocycles. The summed E-state index contributed by atoms with van der Waals surface area (Å²) in [4.78, 5) is 3.92. The van der Waals surface area contributed by atoms with Crippen LogP contribution in [0.4, 0.5) is 0 Å². The number of hydrogen-bond donors (Lipinski definition) is 1. The van der Waals surface area contributed by atoms with Crippen LogP contribution in [-0.4, -0.2) is 16.7 Å². The van der Waals surface area contributed by atoms with Gasteiger partial charge < -0.3 is 9.84 Å². The molecule has 0 amide bonds. The van der Waals surface area contributed by atoms with Crippen LogP contribution in [0.15, 0.2) is 49.3 Å². The quantitative estimate of drug-likeness (QED) is 0.848. The summed E-state index contributed by atoms with van der Waals surface area (Å²) in [5, 5.41) is 11.2. The van der Waals surface area contributed by atoms with E-state index in [0.29, 0.717) is 33.5 Å². The summed E-state index contributed by atoms with van der Waals surface area (Å²) in [6.45, 7) is 3.91. The maximum absolute atomic E-state index is 10.5. The summed E-state index contributed by atoms with van der Waals surface area (Å²) in [5.41, 5.74) is 1.24. The number of pyridine rings is 1. The molecule has 0 aliphatic carbocycles. The molecule has 1 unspecified atom stereocenters. The predicted molar refractivity (Wildman–Crippen MR) is 80.5 cm³/mol. The van der Waals surface area contributed by atoms with E-state index >= 15 is 0 Å². The summed E-state index contributed by atoms with van der Waals surface area (Å²) in [6, 6.07) is 6.65. The van der Waals surface area contributed by atoms with Crippen LogP contribution in [0.3, 0.4) is 0 Å². The van der Waals surface area contributed by atoms with Gasteiger partial charge in [0.2, 0.25) is 0 Å². The molecule has 0 saturated carbocycles. The maximum atomic E-state index is 10.5. The highest BCUT2D eigenvalue weighted by molar-refractivity contribution is 6.42. The SMILES string of the molecule is C=CCOc1cc(Cl)c(Cl)cc1C(O)c1ccncc1. The molecule has 0 aliphatic rings. The zero-order valence-corrected chi connectivity index (χ0v) is 12.1. The first-order chi connectivity index (χ1) is 9.63. The molecule has 0 fully saturated rings. The van der Waals surface area contributed by atoms with Gasteiger partial charge in [-0.05, 0) is 23.8 Å². The zero-order valence-electron chi connectivity index (χ0n) is 10.6. The lowest BCUT2D eigenvalue weighted by Crippen LogP contribution is -2.04. The molecule has 1 aromatic heterocycles. The van der Waals surface area contributed by atoms with E-state index < -0.39 is 6.10 Å². The number of nitrogens with zero attached hydrogens (tertiary/aromatic N) is 1. The van der Waals surface area contributed by atoms with E-state index in [1.54, 1.807) is 42.7 Å². The van der Waals surface area contributed by atoms with Gasteiger partial charge in [0.15, 0.2) is 0 Å². The van der Waals surface area contributed by atoms with Gasteiger partial charge >= 0.3 is 0 Å². The smallest absolute Gasteiger partial charge is 0.127 e. The fraction of sp³-hybridized carbons (Fsp3) is 0.133. The van der Waals surface area contributed by atoms with E-state index in [2.05, 4.69) is 11.6 Å². The second-order valence-electron chi connectivity index (χ2n) is 4.09. The van der Waals surface area contributed by atoms with Crippen LogP contribution >= 0.6 is 23.2 Å². The molecule has 0 radical (unpaired) electrons. The van der Waals surface area contributed by atoms with Crippen molar-refractivity contribution in [1.29, 1.82) is 0 Å². The predicted octanol–water partition coefficient (Wildman–Crippen LogP) is 4.03. The van der Waals surface area contributed by atoms with Crippen LogP contribution in [0.25, 0.3) is 0 Å². The van der Waals surface area contributed by atoms with E-state index in [9.17, 15) is 5.11 Å². The number of aromatic nitrogens is 1. The molecule has 0 bridgehead atoms. The average Bonchev–Trinajstić information content (AvgIpc) is 2.48. The largest absolute Gasteiger partial charge is 0.489 e. The van der Waals surface area contributed by atoms with E-state index in [1.165, 1.54) is 0 Å². The van der Waals surface area contributed by atoms with Gasteiger partial charge in [-0.3, -0.25) is 4.98 Å². The maximum Gasteiger partial charge on any atom is 0.127 e. The molecular weight excluding hydrogens is 297 g/mol. The summed E-state index contributed by atoms with van der Waals surface area (Å²) < 4.78 is 5.53. The van der Waals surface area contributed by atoms with Crippen molar-refractivity contribution < 1.29 is 9.84 Å². The highest BCUT2D eigenvalue weighted by Gasteiger charge is 2.18. The lowest BCUT2D eigenvalue weighted by molar-refractivity contribution is 0.213. The second-order valence-corrected chi connectivity index (χ2v) is 4.90. The minimum atomic E-state index is -0.868. The first-order valence-electron chi connectivity index (χ1n) is 5.94. The van der Waals surface area contributed by atoms with E-state index in [4.69, 9.17) is 27.9 Å². The van der Waals surface area contributed by atoms with Gasteiger partial charge in [-0.2, -0.15) is 0 Å². The Hall–Kier alpha value is -1.55. The van der Waals surface area contributed by atoms with Gasteiger partial charge in [0.25, 0.3) is 0 Å². The van der Waals surface area contributed by atoms with Crippen molar-refractivity contribution in [2.45, 2.75) is 6.10 Å². The molecule has 0 spiro atoms. The third kappa shape index (κ3) is 3.31. The Labute approximate surface area is 127 Å². The Morgan fingerprint density at radius 1 is 1.25 bits per heavy atom. The third-order valence-electron chi connectivity index (χ3n) is 2.73. The Balaban J connectivity index is 2.43. The van der Waals surface area contributed by atoms with E-state index in [-0.39, 0.29) is 0 Å². The highest BCUT2D eigenvalue weighted by Crippen LogP contribution is 2.36. The molecule has 2 rings (SSSR count). The Bertz CT molecular complexity index is 602. The van der Waals surface area contributed by atoms with Crippen LogP contribution in [0.1, 0.15) is 17.2 Å². The minimum Gasteiger partial charge on any atom is -0.489 e. The van der Waals surface area contributed by atoms with Crippen molar-refractivity contribution in [2.75, 3.05) is 6.61 Å². The number of aliphatic hydroxyl groups is 1. The van der Waals surface area contributed by atoms with Crippen molar-refractivity contribution in [2.24, 2.45) is 0 Å². The number of rotatable bonds is 5. The molecule has 20 heavy (non-hydrogen) atoms. The zero-order chi connectivity index (χ0) is 14.5. The lowest BCUT2D eigenvalue weighted by Gasteiger charge is -2.17. The molecule has 1 heterocycles. The van der Waals surface area contributed by atoms with Gasteiger partial charge in [-0.1, -0.05) is 35.9 Å². The first-order valence-corrected chi connectivity index (χ1v) is 6.69. The normalized spacial score (nSPS) is 11.9. The summed E-state index contributed by atoms with van der Waals surface area (Å²) >= 11 is 12.0. The highest BCUT2D eigenvalue weighted by atomic mass is 35.5. The van der Waals surface area contributed by atoms with Crippen molar-refractivity contribution in [3.8, 4) is 5.75 Å². The average molecular weight is 310 g/mol. The van der Waals surface area contributed by atoms with Crippen LogP contribution in [0.2, 0.25) is 10.0 Å². The van der Waals surface area contributed by atoms with Crippen LogP contribution in [0, 0.1) is 0 Å². The van der Waals surface area contributed by atoms with Gasteiger partial charge in [0.1, 0.15) is 18.5 Å². The number of hydrogen-bond acceptors (Lipinski definition) is 3. The van der Waals surface area contributed by atoms with Crippen molar-refractivity contribution in [1.82, 2.24) is 4.98 Å². The van der Waals surface area contributed by atoms with Crippen LogP contribution in [-0.2, 0) is 0 Å². The topological polar surface area (TPSA) is 42.4 Å². The van der Waals surface area contributed by atoms with E-state index in [1.807, 2.05) is 0 Å². The van der Waals surface area contributed by atoms with Gasteiger partial charge in [0, 0.05) is 24.0 Å². The number of halogens is 2. The Morgan fingerprint density at radius 3 is 2.55 bits per heavy atom. The first kappa shape index (κ1) is 14.9. The summed E-state index contributed by atoms with van der Waals surface area (Å²) in [6.07, 6.45) is 3.97. The minimum absolute atomic E-state index is 0.314. The fourth-order valence-electron chi connectivity index (χ4n) is 1.76. The van der Waals surface area contributed by atoms with Gasteiger partial charge in [0.05, 0.1) is 10.0 Å². The summed E-state index contributed by atoms with van der Waals surface area (Å²) in [5.74, 6) is 0.476. The molecule has 1 atom stereocenters. The van der Waals surface area contributed by atoms with Crippen LogP contribution in [0.5, 0.6) is 5.75 Å². The van der Waals surface area contributed by atoms with Crippen LogP contribution < -0.4 is 4.74 Å². The molecule has 0 saturated heterocycles. The number of benzene rings is 1. The van der Waals surface area contributed by atoms with Crippen molar-refractivity contribution in [3.05, 3.63) is 70.5 Å². The molecule has 5 heteroatoms. The van der Waals surface area contributed by atoms with Gasteiger partial charge in [-0.25, -0.2) is 0 Å². The lowest BCUT2D eigenvalue weighted by atomic mass is 10.0. The second kappa shape index (κ2) is 6.75. The molecular formula is C15H13Cl2NO2. The third-order valence-corrected chi connectivity index (χ3v) is 3.45. The number of aliphatic hydroxyl groups excluding tert-OH is 1. The molecule has 1 aromatic carbocycles. The standard InChI is InChI=1S/C15H13Cl2NO2/c1-2-7-20-14-9-13(17)12(16)8-11(14)15(19)10-3-5-18-6-4-10/h2-6,8-9,15,19H,1,7H2. The monoisotopic (exact) mass is 309 g/mol. The molecule has 1 N–H and O–H groups in total. The van der Waals surface area contributed by atoms with Gasteiger partial charge in [-0.15, -0.1) is 0 Å². The van der Waals surface area contributed by atoms with Crippen molar-refractivity contribution >= 4 is 23.2 Å². The van der Waals surface area contributed by atoms with E-state index in [0.717, 1.165) is 0 Å². The summed E-state index contributed by atoms with van der Waals surface area (Å²) in [7, 11) is 0. The Morgan fingerprint density at radius 2 is 1.90 bits per heavy atom. The molecule has 3 nitrogen and oxygen atoms in total. The fourth-order valence-corrected chi connectivity index (χ4v) is 2.08. The number of ether oxygens (including phenoxy) is 1.